The van der Waals surface area contributed by atoms with E-state index in [0.717, 1.165) is 39.0 Å². The highest BCUT2D eigenvalue weighted by molar-refractivity contribution is 5.83. The molecule has 1 heterocycles. The number of nitrogens with one attached hydrogen (secondary N) is 1. The summed E-state index contributed by atoms with van der Waals surface area (Å²) in [4.78, 5) is 27.8. The van der Waals surface area contributed by atoms with E-state index in [2.05, 4.69) is 24.1 Å². The van der Waals surface area contributed by atoms with Crippen molar-refractivity contribution in [2.45, 2.75) is 26.7 Å². The zero-order valence-electron chi connectivity index (χ0n) is 13.6. The molecule has 0 saturated carbocycles. The average Bonchev–Trinajstić information content (AvgIpc) is 2.51. The lowest BCUT2D eigenvalue weighted by Gasteiger charge is -2.31. The van der Waals surface area contributed by atoms with Gasteiger partial charge >= 0.3 is 5.97 Å². The Morgan fingerprint density at radius 3 is 2.38 bits per heavy atom. The van der Waals surface area contributed by atoms with Gasteiger partial charge in [0.1, 0.15) is 6.54 Å². The molecular formula is C15H29N3O3. The van der Waals surface area contributed by atoms with Gasteiger partial charge in [0.15, 0.2) is 0 Å². The van der Waals surface area contributed by atoms with Crippen LogP contribution < -0.4 is 5.32 Å². The number of methoxy groups -OCH3 is 1. The second kappa shape index (κ2) is 9.73. The van der Waals surface area contributed by atoms with Crippen molar-refractivity contribution in [1.29, 1.82) is 0 Å². The quantitative estimate of drug-likeness (QED) is 0.655. The van der Waals surface area contributed by atoms with Crippen LogP contribution in [-0.4, -0.2) is 74.6 Å². The van der Waals surface area contributed by atoms with E-state index in [1.165, 1.54) is 7.11 Å². The van der Waals surface area contributed by atoms with Crippen molar-refractivity contribution in [3.05, 3.63) is 0 Å². The van der Waals surface area contributed by atoms with Crippen molar-refractivity contribution in [2.75, 3.05) is 52.9 Å². The number of carbonyl (C=O) groups excluding carboxylic acids is 2. The lowest BCUT2D eigenvalue weighted by atomic mass is 10.0. The van der Waals surface area contributed by atoms with E-state index in [-0.39, 0.29) is 18.4 Å². The Hall–Kier alpha value is -1.14. The van der Waals surface area contributed by atoms with E-state index < -0.39 is 0 Å². The summed E-state index contributed by atoms with van der Waals surface area (Å²) in [5.41, 5.74) is 0. The average molecular weight is 299 g/mol. The number of carbonyl (C=O) groups is 2. The number of rotatable bonds is 8. The molecule has 0 radical (unpaired) electrons. The van der Waals surface area contributed by atoms with Crippen molar-refractivity contribution in [2.24, 2.45) is 5.92 Å². The molecule has 0 unspecified atom stereocenters. The monoisotopic (exact) mass is 299 g/mol. The van der Waals surface area contributed by atoms with Gasteiger partial charge in [0.25, 0.3) is 0 Å². The summed E-state index contributed by atoms with van der Waals surface area (Å²) in [6.07, 6.45) is 2.02. The molecule has 1 rings (SSSR count). The molecule has 122 valence electrons. The third kappa shape index (κ3) is 6.44. The first-order chi connectivity index (χ1) is 10.1. The number of piperazine rings is 1. The fourth-order valence-electron chi connectivity index (χ4n) is 2.49. The fraction of sp³-hybridized carbons (Fsp3) is 0.867. The van der Waals surface area contributed by atoms with Gasteiger partial charge in [-0.3, -0.25) is 14.5 Å². The molecule has 1 aliphatic rings. The molecule has 0 aromatic heterocycles. The molecule has 6 heteroatoms. The van der Waals surface area contributed by atoms with Crippen LogP contribution in [0.1, 0.15) is 26.7 Å². The van der Waals surface area contributed by atoms with Crippen LogP contribution in [0.4, 0.5) is 0 Å². The number of hydrogen-bond donors (Lipinski definition) is 1. The Morgan fingerprint density at radius 2 is 1.86 bits per heavy atom. The molecule has 6 nitrogen and oxygen atoms in total. The van der Waals surface area contributed by atoms with Crippen LogP contribution in [0.3, 0.4) is 0 Å². The molecule has 0 aromatic carbocycles. The largest absolute Gasteiger partial charge is 0.468 e. The normalized spacial score (nSPS) is 16.0. The van der Waals surface area contributed by atoms with Crippen LogP contribution >= 0.6 is 0 Å². The highest BCUT2D eigenvalue weighted by Crippen LogP contribution is 2.11. The maximum atomic E-state index is 12.5. The molecule has 1 aliphatic heterocycles. The Labute approximate surface area is 127 Å². The van der Waals surface area contributed by atoms with E-state index in [0.29, 0.717) is 19.0 Å². The van der Waals surface area contributed by atoms with Gasteiger partial charge in [-0.15, -0.1) is 0 Å². The summed E-state index contributed by atoms with van der Waals surface area (Å²) in [7, 11) is 1.36. The van der Waals surface area contributed by atoms with Crippen molar-refractivity contribution in [1.82, 2.24) is 15.1 Å². The first-order valence-electron chi connectivity index (χ1n) is 7.88. The molecule has 1 fully saturated rings. The first kappa shape index (κ1) is 17.9. The van der Waals surface area contributed by atoms with Gasteiger partial charge in [-0.25, -0.2) is 0 Å². The van der Waals surface area contributed by atoms with Gasteiger partial charge in [-0.05, 0) is 5.92 Å². The third-order valence-electron chi connectivity index (χ3n) is 4.10. The van der Waals surface area contributed by atoms with E-state index in [1.807, 2.05) is 0 Å². The molecular weight excluding hydrogens is 270 g/mol. The Bertz CT molecular complexity index is 326. The van der Waals surface area contributed by atoms with Gasteiger partial charge in [0.05, 0.1) is 13.7 Å². The minimum atomic E-state index is -0.352. The minimum Gasteiger partial charge on any atom is -0.468 e. The fourth-order valence-corrected chi connectivity index (χ4v) is 2.49. The highest BCUT2D eigenvalue weighted by atomic mass is 16.5. The Morgan fingerprint density at radius 1 is 1.24 bits per heavy atom. The minimum absolute atomic E-state index is 0.0224. The zero-order valence-corrected chi connectivity index (χ0v) is 13.6. The molecule has 1 N–H and O–H groups in total. The van der Waals surface area contributed by atoms with E-state index >= 15 is 0 Å². The summed E-state index contributed by atoms with van der Waals surface area (Å²) in [6.45, 7) is 8.89. The molecule has 0 aliphatic carbocycles. The summed E-state index contributed by atoms with van der Waals surface area (Å²) in [6, 6.07) is 0. The number of nitrogens with zero attached hydrogens (tertiary/aromatic N) is 2. The Balaban J connectivity index is 2.59. The first-order valence-corrected chi connectivity index (χ1v) is 7.88. The molecule has 0 aromatic rings. The number of esters is 1. The molecule has 21 heavy (non-hydrogen) atoms. The number of hydrogen-bond acceptors (Lipinski definition) is 5. The Kier molecular flexibility index (Phi) is 8.30. The summed E-state index contributed by atoms with van der Waals surface area (Å²) >= 11 is 0. The van der Waals surface area contributed by atoms with Crippen LogP contribution in [0.5, 0.6) is 0 Å². The topological polar surface area (TPSA) is 61.9 Å². The summed E-state index contributed by atoms with van der Waals surface area (Å²) < 4.78 is 4.71. The van der Waals surface area contributed by atoms with E-state index in [4.69, 9.17) is 4.74 Å². The number of ether oxygens (including phenoxy) is 1. The predicted molar refractivity (Wildman–Crippen MR) is 82.0 cm³/mol. The van der Waals surface area contributed by atoms with E-state index in [9.17, 15) is 9.59 Å². The number of amides is 1. The van der Waals surface area contributed by atoms with Crippen molar-refractivity contribution >= 4 is 11.9 Å². The summed E-state index contributed by atoms with van der Waals surface area (Å²) in [5.74, 6) is 0.102. The smallest absolute Gasteiger partial charge is 0.325 e. The predicted octanol–water partition coefficient (Wildman–Crippen LogP) is 0.329. The van der Waals surface area contributed by atoms with Crippen molar-refractivity contribution < 1.29 is 14.3 Å². The SMILES string of the molecule is CCC(CC)CN(CC(=O)OC)C(=O)CN1CCNCC1. The molecule has 1 amide bonds. The molecule has 0 atom stereocenters. The van der Waals surface area contributed by atoms with Gasteiger partial charge in [0, 0.05) is 32.7 Å². The van der Waals surface area contributed by atoms with Gasteiger partial charge in [-0.2, -0.15) is 0 Å². The van der Waals surface area contributed by atoms with Gasteiger partial charge in [0.2, 0.25) is 5.91 Å². The summed E-state index contributed by atoms with van der Waals surface area (Å²) in [5, 5.41) is 3.27. The van der Waals surface area contributed by atoms with Crippen LogP contribution in [0, 0.1) is 5.92 Å². The maximum Gasteiger partial charge on any atom is 0.325 e. The highest BCUT2D eigenvalue weighted by Gasteiger charge is 2.23. The standard InChI is InChI=1S/C15H29N3O3/c1-4-13(5-2)10-18(12-15(20)21-3)14(19)11-17-8-6-16-7-9-17/h13,16H,4-12H2,1-3H3. The second-order valence-electron chi connectivity index (χ2n) is 5.56. The van der Waals surface area contributed by atoms with Crippen LogP contribution in [0.15, 0.2) is 0 Å². The lowest BCUT2D eigenvalue weighted by Crippen LogP contribution is -2.50. The van der Waals surface area contributed by atoms with Crippen LogP contribution in [0.25, 0.3) is 0 Å². The van der Waals surface area contributed by atoms with Gasteiger partial charge < -0.3 is 15.0 Å². The van der Waals surface area contributed by atoms with Crippen LogP contribution in [0.2, 0.25) is 0 Å². The maximum absolute atomic E-state index is 12.5. The third-order valence-corrected chi connectivity index (χ3v) is 4.10. The van der Waals surface area contributed by atoms with E-state index in [1.54, 1.807) is 4.90 Å². The molecule has 0 bridgehead atoms. The lowest BCUT2D eigenvalue weighted by molar-refractivity contribution is -0.147. The molecule has 1 saturated heterocycles. The van der Waals surface area contributed by atoms with Crippen molar-refractivity contribution in [3.63, 3.8) is 0 Å². The van der Waals surface area contributed by atoms with Crippen LogP contribution in [-0.2, 0) is 14.3 Å². The molecule has 0 spiro atoms. The second-order valence-corrected chi connectivity index (χ2v) is 5.56. The zero-order chi connectivity index (χ0) is 15.7. The van der Waals surface area contributed by atoms with Crippen molar-refractivity contribution in [3.8, 4) is 0 Å². The van der Waals surface area contributed by atoms with Gasteiger partial charge in [-0.1, -0.05) is 26.7 Å².